The lowest BCUT2D eigenvalue weighted by Gasteiger charge is -2.17. The molecule has 174 valence electrons. The highest BCUT2D eigenvalue weighted by atomic mass is 16.5. The second kappa shape index (κ2) is 10.2. The number of pyridine rings is 1. The number of rotatable bonds is 8. The molecule has 3 N–H and O–H groups in total. The van der Waals surface area contributed by atoms with Crippen LogP contribution >= 0.6 is 0 Å². The molecule has 0 fully saturated rings. The average molecular weight is 460 g/mol. The van der Waals surface area contributed by atoms with Gasteiger partial charge in [0.2, 0.25) is 0 Å². The summed E-state index contributed by atoms with van der Waals surface area (Å²) >= 11 is 0. The first-order chi connectivity index (χ1) is 16.5. The molecule has 1 aliphatic rings. The summed E-state index contributed by atoms with van der Waals surface area (Å²) < 4.78 is 5.55. The van der Waals surface area contributed by atoms with Gasteiger partial charge in [-0.3, -0.25) is 14.9 Å². The van der Waals surface area contributed by atoms with E-state index in [9.17, 15) is 14.4 Å². The van der Waals surface area contributed by atoms with E-state index in [1.807, 2.05) is 36.4 Å². The highest BCUT2D eigenvalue weighted by Crippen LogP contribution is 2.44. The maximum absolute atomic E-state index is 12.7. The molecule has 2 aromatic carbocycles. The van der Waals surface area contributed by atoms with E-state index in [4.69, 9.17) is 9.84 Å². The molecular formula is C26H25N3O5. The van der Waals surface area contributed by atoms with Crippen molar-refractivity contribution in [3.63, 3.8) is 0 Å². The quantitative estimate of drug-likeness (QED) is 0.459. The van der Waals surface area contributed by atoms with Crippen molar-refractivity contribution in [1.29, 1.82) is 0 Å². The van der Waals surface area contributed by atoms with E-state index in [1.54, 1.807) is 19.1 Å². The minimum atomic E-state index is -1.01. The molecule has 2 amide bonds. The number of ether oxygens (including phenoxy) is 1. The standard InChI is InChI=1S/C26H25N3O5/c1-2-16(14-23(30)31)28-25(32)24-22(12-7-13-27-24)29-26(33)34-15-21-19-10-5-3-8-17(19)18-9-4-6-11-20(18)21/h3-13,16,21H,2,14-15H2,1H3,(H,28,32)(H,29,33)(H,30,31). The Balaban J connectivity index is 1.44. The second-order valence-corrected chi connectivity index (χ2v) is 8.03. The summed E-state index contributed by atoms with van der Waals surface area (Å²) in [5.74, 6) is -1.66. The molecule has 3 aromatic rings. The van der Waals surface area contributed by atoms with Crippen LogP contribution in [0.15, 0.2) is 66.9 Å². The number of benzene rings is 2. The van der Waals surface area contributed by atoms with Gasteiger partial charge in [-0.05, 0) is 40.8 Å². The van der Waals surface area contributed by atoms with Crippen LogP contribution in [0.25, 0.3) is 11.1 Å². The number of nitrogens with zero attached hydrogens (tertiary/aromatic N) is 1. The van der Waals surface area contributed by atoms with Crippen molar-refractivity contribution in [1.82, 2.24) is 10.3 Å². The summed E-state index contributed by atoms with van der Waals surface area (Å²) in [6.45, 7) is 1.92. The molecule has 1 aliphatic carbocycles. The number of amides is 2. The van der Waals surface area contributed by atoms with E-state index in [0.717, 1.165) is 22.3 Å². The number of anilines is 1. The Morgan fingerprint density at radius 1 is 1.00 bits per heavy atom. The van der Waals surface area contributed by atoms with Gasteiger partial charge in [0, 0.05) is 18.2 Å². The third-order valence-corrected chi connectivity index (χ3v) is 5.85. The van der Waals surface area contributed by atoms with Gasteiger partial charge >= 0.3 is 12.1 Å². The third kappa shape index (κ3) is 4.91. The summed E-state index contributed by atoms with van der Waals surface area (Å²) in [7, 11) is 0. The van der Waals surface area contributed by atoms with E-state index in [2.05, 4.69) is 27.8 Å². The maximum atomic E-state index is 12.7. The number of carbonyl (C=O) groups excluding carboxylic acids is 2. The van der Waals surface area contributed by atoms with Gasteiger partial charge in [0.1, 0.15) is 6.61 Å². The first kappa shape index (κ1) is 23.0. The van der Waals surface area contributed by atoms with E-state index >= 15 is 0 Å². The van der Waals surface area contributed by atoms with Gasteiger partial charge in [0.15, 0.2) is 5.69 Å². The zero-order valence-electron chi connectivity index (χ0n) is 18.7. The predicted molar refractivity (Wildman–Crippen MR) is 127 cm³/mol. The Morgan fingerprint density at radius 2 is 1.65 bits per heavy atom. The fraction of sp³-hybridized carbons (Fsp3) is 0.231. The van der Waals surface area contributed by atoms with Crippen LogP contribution in [0.4, 0.5) is 10.5 Å². The zero-order chi connectivity index (χ0) is 24.1. The molecule has 4 rings (SSSR count). The van der Waals surface area contributed by atoms with Crippen LogP contribution in [0.3, 0.4) is 0 Å². The fourth-order valence-electron chi connectivity index (χ4n) is 4.19. The number of hydrogen-bond donors (Lipinski definition) is 3. The van der Waals surface area contributed by atoms with Gasteiger partial charge in [0.05, 0.1) is 12.1 Å². The average Bonchev–Trinajstić information content (AvgIpc) is 3.16. The molecule has 8 nitrogen and oxygen atoms in total. The molecule has 1 unspecified atom stereocenters. The summed E-state index contributed by atoms with van der Waals surface area (Å²) in [5, 5.41) is 14.2. The van der Waals surface area contributed by atoms with Gasteiger partial charge in [-0.1, -0.05) is 55.5 Å². The summed E-state index contributed by atoms with van der Waals surface area (Å²) in [6, 6.07) is 18.7. The summed E-state index contributed by atoms with van der Waals surface area (Å²) in [4.78, 5) is 40.4. The highest BCUT2D eigenvalue weighted by Gasteiger charge is 2.29. The highest BCUT2D eigenvalue weighted by molar-refractivity contribution is 6.01. The van der Waals surface area contributed by atoms with Gasteiger partial charge in [-0.15, -0.1) is 0 Å². The Kier molecular flexibility index (Phi) is 6.87. The molecule has 0 radical (unpaired) electrons. The van der Waals surface area contributed by atoms with Crippen molar-refractivity contribution in [3.05, 3.63) is 83.7 Å². The maximum Gasteiger partial charge on any atom is 0.411 e. The number of carbonyl (C=O) groups is 3. The van der Waals surface area contributed by atoms with Gasteiger partial charge in [0.25, 0.3) is 5.91 Å². The van der Waals surface area contributed by atoms with Gasteiger partial charge in [-0.2, -0.15) is 0 Å². The zero-order valence-corrected chi connectivity index (χ0v) is 18.7. The molecule has 1 aromatic heterocycles. The van der Waals surface area contributed by atoms with Gasteiger partial charge < -0.3 is 15.2 Å². The Hall–Kier alpha value is -4.20. The van der Waals surface area contributed by atoms with Crippen molar-refractivity contribution in [2.45, 2.75) is 31.7 Å². The van der Waals surface area contributed by atoms with Crippen molar-refractivity contribution >= 4 is 23.7 Å². The minimum absolute atomic E-state index is 0.0140. The van der Waals surface area contributed by atoms with Crippen LogP contribution in [0.1, 0.15) is 47.3 Å². The van der Waals surface area contributed by atoms with Gasteiger partial charge in [-0.25, -0.2) is 9.78 Å². The van der Waals surface area contributed by atoms with Crippen LogP contribution < -0.4 is 10.6 Å². The number of aliphatic carboxylic acids is 1. The number of aromatic nitrogens is 1. The first-order valence-electron chi connectivity index (χ1n) is 11.1. The normalized spacial score (nSPS) is 12.9. The molecule has 0 bridgehead atoms. The minimum Gasteiger partial charge on any atom is -0.481 e. The molecule has 0 spiro atoms. The van der Waals surface area contributed by atoms with Crippen LogP contribution in [0.5, 0.6) is 0 Å². The lowest BCUT2D eigenvalue weighted by molar-refractivity contribution is -0.137. The number of carboxylic acid groups (broad SMARTS) is 1. The molecular weight excluding hydrogens is 434 g/mol. The lowest BCUT2D eigenvalue weighted by Crippen LogP contribution is -2.37. The molecule has 1 heterocycles. The smallest absolute Gasteiger partial charge is 0.411 e. The molecule has 0 aliphatic heterocycles. The number of fused-ring (bicyclic) bond motifs is 3. The van der Waals surface area contributed by atoms with E-state index in [-0.39, 0.29) is 30.3 Å². The monoisotopic (exact) mass is 459 g/mol. The van der Waals surface area contributed by atoms with Crippen LogP contribution in [-0.2, 0) is 9.53 Å². The van der Waals surface area contributed by atoms with Crippen molar-refractivity contribution in [2.24, 2.45) is 0 Å². The topological polar surface area (TPSA) is 118 Å². The molecule has 34 heavy (non-hydrogen) atoms. The van der Waals surface area contributed by atoms with Crippen LogP contribution in [0.2, 0.25) is 0 Å². The number of nitrogens with one attached hydrogen (secondary N) is 2. The number of carboxylic acids is 1. The van der Waals surface area contributed by atoms with E-state index in [0.29, 0.717) is 6.42 Å². The third-order valence-electron chi connectivity index (χ3n) is 5.85. The molecule has 1 atom stereocenters. The Morgan fingerprint density at radius 3 is 2.26 bits per heavy atom. The van der Waals surface area contributed by atoms with Crippen molar-refractivity contribution in [2.75, 3.05) is 11.9 Å². The Labute approximate surface area is 197 Å². The molecule has 0 saturated carbocycles. The summed E-state index contributed by atoms with van der Waals surface area (Å²) in [5.41, 5.74) is 4.63. The SMILES string of the molecule is CCC(CC(=O)O)NC(=O)c1ncccc1NC(=O)OCC1c2ccccc2-c2ccccc21. The van der Waals surface area contributed by atoms with Crippen LogP contribution in [0, 0.1) is 0 Å². The van der Waals surface area contributed by atoms with E-state index in [1.165, 1.54) is 6.20 Å². The van der Waals surface area contributed by atoms with Crippen molar-refractivity contribution in [3.8, 4) is 11.1 Å². The first-order valence-corrected chi connectivity index (χ1v) is 11.1. The molecule has 8 heteroatoms. The Bertz CT molecular complexity index is 1180. The lowest BCUT2D eigenvalue weighted by atomic mass is 9.98. The summed E-state index contributed by atoms with van der Waals surface area (Å²) in [6.07, 6.45) is 0.960. The van der Waals surface area contributed by atoms with Crippen molar-refractivity contribution < 1.29 is 24.2 Å². The molecule has 0 saturated heterocycles. The largest absolute Gasteiger partial charge is 0.481 e. The van der Waals surface area contributed by atoms with E-state index < -0.39 is 24.0 Å². The van der Waals surface area contributed by atoms with Crippen LogP contribution in [-0.4, -0.2) is 40.7 Å². The fourth-order valence-corrected chi connectivity index (χ4v) is 4.19. The second-order valence-electron chi connectivity index (χ2n) is 8.03. The number of hydrogen-bond acceptors (Lipinski definition) is 5. The predicted octanol–water partition coefficient (Wildman–Crippen LogP) is 4.43.